The molecule has 0 bridgehead atoms. The summed E-state index contributed by atoms with van der Waals surface area (Å²) in [6, 6.07) is 4.45. The van der Waals surface area contributed by atoms with Crippen LogP contribution in [-0.2, 0) is 11.3 Å². The van der Waals surface area contributed by atoms with E-state index in [1.165, 1.54) is 12.1 Å². The van der Waals surface area contributed by atoms with Crippen molar-refractivity contribution in [2.75, 3.05) is 19.8 Å². The number of non-ortho nitro benzene ring substituents is 1. The summed E-state index contributed by atoms with van der Waals surface area (Å²) in [5.74, 6) is 0. The van der Waals surface area contributed by atoms with Gasteiger partial charge in [-0.2, -0.15) is 0 Å². The Morgan fingerprint density at radius 3 is 2.94 bits per heavy atom. The van der Waals surface area contributed by atoms with Crippen molar-refractivity contribution in [3.8, 4) is 0 Å². The summed E-state index contributed by atoms with van der Waals surface area (Å²) >= 11 is 5.98. The highest BCUT2D eigenvalue weighted by atomic mass is 35.5. The van der Waals surface area contributed by atoms with Gasteiger partial charge in [-0.1, -0.05) is 11.6 Å². The number of hydrogen-bond acceptors (Lipinski definition) is 4. The SMILES string of the molecule is CCOCCCNCc1cc([N+](=O)[O-])ccc1Cl. The van der Waals surface area contributed by atoms with Gasteiger partial charge < -0.3 is 10.1 Å². The van der Waals surface area contributed by atoms with E-state index >= 15 is 0 Å². The highest BCUT2D eigenvalue weighted by Gasteiger charge is 2.09. The Morgan fingerprint density at radius 2 is 2.28 bits per heavy atom. The van der Waals surface area contributed by atoms with E-state index in [4.69, 9.17) is 16.3 Å². The van der Waals surface area contributed by atoms with Gasteiger partial charge in [0.15, 0.2) is 0 Å². The quantitative estimate of drug-likeness (QED) is 0.449. The predicted octanol–water partition coefficient (Wildman–Crippen LogP) is 2.76. The molecule has 100 valence electrons. The number of halogens is 1. The van der Waals surface area contributed by atoms with Crippen LogP contribution in [0.15, 0.2) is 18.2 Å². The Kier molecular flexibility index (Phi) is 6.64. The van der Waals surface area contributed by atoms with Gasteiger partial charge in [-0.15, -0.1) is 0 Å². The standard InChI is InChI=1S/C12H17ClN2O3/c1-2-18-7-3-6-14-9-10-8-11(15(16)17)4-5-12(10)13/h4-5,8,14H,2-3,6-7,9H2,1H3. The average Bonchev–Trinajstić information content (AvgIpc) is 2.35. The molecule has 0 saturated carbocycles. The number of rotatable bonds is 8. The summed E-state index contributed by atoms with van der Waals surface area (Å²) in [4.78, 5) is 10.2. The summed E-state index contributed by atoms with van der Waals surface area (Å²) in [5.41, 5.74) is 0.799. The van der Waals surface area contributed by atoms with Crippen LogP contribution in [0.2, 0.25) is 5.02 Å². The van der Waals surface area contributed by atoms with Crippen molar-refractivity contribution in [1.82, 2.24) is 5.32 Å². The van der Waals surface area contributed by atoms with Crippen LogP contribution in [0, 0.1) is 10.1 Å². The smallest absolute Gasteiger partial charge is 0.269 e. The Bertz CT molecular complexity index is 399. The van der Waals surface area contributed by atoms with Crippen molar-refractivity contribution in [3.05, 3.63) is 38.9 Å². The molecular formula is C12H17ClN2O3. The molecule has 0 amide bonds. The van der Waals surface area contributed by atoms with Gasteiger partial charge in [0, 0.05) is 36.9 Å². The van der Waals surface area contributed by atoms with Crippen molar-refractivity contribution in [2.45, 2.75) is 19.9 Å². The number of nitro groups is 1. The molecule has 5 nitrogen and oxygen atoms in total. The Balaban J connectivity index is 2.41. The summed E-state index contributed by atoms with van der Waals surface area (Å²) in [7, 11) is 0. The second-order valence-corrected chi connectivity index (χ2v) is 4.17. The minimum atomic E-state index is -0.422. The van der Waals surface area contributed by atoms with Gasteiger partial charge in [0.25, 0.3) is 5.69 Å². The Morgan fingerprint density at radius 1 is 1.50 bits per heavy atom. The maximum Gasteiger partial charge on any atom is 0.269 e. The highest BCUT2D eigenvalue weighted by Crippen LogP contribution is 2.21. The van der Waals surface area contributed by atoms with E-state index in [-0.39, 0.29) is 5.69 Å². The van der Waals surface area contributed by atoms with E-state index in [9.17, 15) is 10.1 Å². The average molecular weight is 273 g/mol. The van der Waals surface area contributed by atoms with Gasteiger partial charge in [0.2, 0.25) is 0 Å². The second-order valence-electron chi connectivity index (χ2n) is 3.76. The molecule has 0 heterocycles. The molecule has 6 heteroatoms. The van der Waals surface area contributed by atoms with Crippen LogP contribution in [0.1, 0.15) is 18.9 Å². The molecular weight excluding hydrogens is 256 g/mol. The van der Waals surface area contributed by atoms with Crippen molar-refractivity contribution in [1.29, 1.82) is 0 Å². The fourth-order valence-corrected chi connectivity index (χ4v) is 1.66. The Labute approximate surface area is 111 Å². The topological polar surface area (TPSA) is 64.4 Å². The predicted molar refractivity (Wildman–Crippen MR) is 70.9 cm³/mol. The van der Waals surface area contributed by atoms with E-state index in [0.29, 0.717) is 18.2 Å². The van der Waals surface area contributed by atoms with Gasteiger partial charge in [-0.05, 0) is 31.5 Å². The van der Waals surface area contributed by atoms with Crippen LogP contribution in [0.3, 0.4) is 0 Å². The summed E-state index contributed by atoms with van der Waals surface area (Å²) in [6.45, 7) is 4.70. The molecule has 0 saturated heterocycles. The lowest BCUT2D eigenvalue weighted by Crippen LogP contribution is -2.16. The number of nitro benzene ring substituents is 1. The van der Waals surface area contributed by atoms with Gasteiger partial charge >= 0.3 is 0 Å². The van der Waals surface area contributed by atoms with Crippen LogP contribution in [-0.4, -0.2) is 24.7 Å². The van der Waals surface area contributed by atoms with Crippen molar-refractivity contribution >= 4 is 17.3 Å². The maximum absolute atomic E-state index is 10.6. The fourth-order valence-electron chi connectivity index (χ4n) is 1.48. The molecule has 0 aliphatic carbocycles. The third-order valence-corrected chi connectivity index (χ3v) is 2.77. The number of ether oxygens (including phenoxy) is 1. The molecule has 0 aliphatic heterocycles. The fraction of sp³-hybridized carbons (Fsp3) is 0.500. The lowest BCUT2D eigenvalue weighted by Gasteiger charge is -2.06. The molecule has 18 heavy (non-hydrogen) atoms. The van der Waals surface area contributed by atoms with Crippen molar-refractivity contribution in [3.63, 3.8) is 0 Å². The lowest BCUT2D eigenvalue weighted by molar-refractivity contribution is -0.384. The molecule has 0 unspecified atom stereocenters. The zero-order chi connectivity index (χ0) is 13.4. The van der Waals surface area contributed by atoms with Crippen LogP contribution in [0.4, 0.5) is 5.69 Å². The first kappa shape index (κ1) is 14.9. The molecule has 0 atom stereocenters. The molecule has 0 fully saturated rings. The summed E-state index contributed by atoms with van der Waals surface area (Å²) < 4.78 is 5.20. The zero-order valence-corrected chi connectivity index (χ0v) is 11.1. The third kappa shape index (κ3) is 5.00. The highest BCUT2D eigenvalue weighted by molar-refractivity contribution is 6.31. The van der Waals surface area contributed by atoms with E-state index < -0.39 is 4.92 Å². The first-order valence-corrected chi connectivity index (χ1v) is 6.24. The maximum atomic E-state index is 10.6. The van der Waals surface area contributed by atoms with Gasteiger partial charge in [0.1, 0.15) is 0 Å². The van der Waals surface area contributed by atoms with Crippen LogP contribution < -0.4 is 5.32 Å². The first-order chi connectivity index (χ1) is 8.65. The molecule has 0 spiro atoms. The zero-order valence-electron chi connectivity index (χ0n) is 10.3. The molecule has 0 aliphatic rings. The van der Waals surface area contributed by atoms with Gasteiger partial charge in [-0.25, -0.2) is 0 Å². The van der Waals surface area contributed by atoms with Crippen LogP contribution in [0.25, 0.3) is 0 Å². The van der Waals surface area contributed by atoms with Crippen LogP contribution in [0.5, 0.6) is 0 Å². The van der Waals surface area contributed by atoms with E-state index in [2.05, 4.69) is 5.32 Å². The van der Waals surface area contributed by atoms with Gasteiger partial charge in [0.05, 0.1) is 4.92 Å². The Hall–Kier alpha value is -1.17. The number of nitrogens with zero attached hydrogens (tertiary/aromatic N) is 1. The second kappa shape index (κ2) is 8.02. The summed E-state index contributed by atoms with van der Waals surface area (Å²) in [5, 5.41) is 14.4. The number of nitrogens with one attached hydrogen (secondary N) is 1. The number of benzene rings is 1. The third-order valence-electron chi connectivity index (χ3n) is 2.40. The molecule has 0 radical (unpaired) electrons. The minimum Gasteiger partial charge on any atom is -0.382 e. The largest absolute Gasteiger partial charge is 0.382 e. The normalized spacial score (nSPS) is 10.6. The van der Waals surface area contributed by atoms with Crippen LogP contribution >= 0.6 is 11.6 Å². The number of hydrogen-bond donors (Lipinski definition) is 1. The lowest BCUT2D eigenvalue weighted by atomic mass is 10.2. The van der Waals surface area contributed by atoms with Crippen molar-refractivity contribution in [2.24, 2.45) is 0 Å². The van der Waals surface area contributed by atoms with Gasteiger partial charge in [-0.3, -0.25) is 10.1 Å². The monoisotopic (exact) mass is 272 g/mol. The molecule has 1 aromatic carbocycles. The minimum absolute atomic E-state index is 0.0607. The molecule has 0 aromatic heterocycles. The molecule has 1 N–H and O–H groups in total. The van der Waals surface area contributed by atoms with E-state index in [1.807, 2.05) is 6.92 Å². The van der Waals surface area contributed by atoms with E-state index in [0.717, 1.165) is 25.1 Å². The molecule has 1 aromatic rings. The first-order valence-electron chi connectivity index (χ1n) is 5.86. The summed E-state index contributed by atoms with van der Waals surface area (Å²) in [6.07, 6.45) is 0.903. The molecule has 1 rings (SSSR count). The van der Waals surface area contributed by atoms with E-state index in [1.54, 1.807) is 6.07 Å². The van der Waals surface area contributed by atoms with Crippen molar-refractivity contribution < 1.29 is 9.66 Å².